The van der Waals surface area contributed by atoms with Crippen molar-refractivity contribution in [2.24, 2.45) is 0 Å². The van der Waals surface area contributed by atoms with Gasteiger partial charge < -0.3 is 9.47 Å². The number of hydrogen-bond acceptors (Lipinski definition) is 1. The third kappa shape index (κ3) is 2.65. The number of nitrogens with zero attached hydrogens (tertiary/aromatic N) is 2. The average Bonchev–Trinajstić information content (AvgIpc) is 2.77. The summed E-state index contributed by atoms with van der Waals surface area (Å²) in [6, 6.07) is 6.90. The maximum Gasteiger partial charge on any atom is 0.0486 e. The summed E-state index contributed by atoms with van der Waals surface area (Å²) in [4.78, 5) is 2.43. The topological polar surface area (TPSA) is 8.17 Å². The van der Waals surface area contributed by atoms with Crippen molar-refractivity contribution in [2.45, 2.75) is 46.2 Å². The van der Waals surface area contributed by atoms with Gasteiger partial charge in [0, 0.05) is 42.7 Å². The molecule has 3 rings (SSSR count). The lowest BCUT2D eigenvalue weighted by Crippen LogP contribution is -2.27. The molecule has 0 spiro atoms. The zero-order valence-corrected chi connectivity index (χ0v) is 13.6. The summed E-state index contributed by atoms with van der Waals surface area (Å²) < 4.78 is 2.55. The molecule has 0 amide bonds. The van der Waals surface area contributed by atoms with Crippen LogP contribution in [0.25, 0.3) is 10.9 Å². The normalized spacial score (nSPS) is 15.4. The van der Waals surface area contributed by atoms with Crippen molar-refractivity contribution in [3.63, 3.8) is 0 Å². The fourth-order valence-corrected chi connectivity index (χ4v) is 3.40. The number of fused-ring (bicyclic) bond motifs is 3. The van der Waals surface area contributed by atoms with Gasteiger partial charge in [-0.25, -0.2) is 0 Å². The van der Waals surface area contributed by atoms with Gasteiger partial charge in [-0.3, -0.25) is 0 Å². The molecule has 0 bridgehead atoms. The van der Waals surface area contributed by atoms with E-state index < -0.39 is 0 Å². The highest BCUT2D eigenvalue weighted by molar-refractivity contribution is 5.86. The predicted octanol–water partition coefficient (Wildman–Crippen LogP) is 4.29. The van der Waals surface area contributed by atoms with E-state index in [0.29, 0.717) is 0 Å². The highest BCUT2D eigenvalue weighted by Crippen LogP contribution is 2.31. The van der Waals surface area contributed by atoms with Crippen LogP contribution in [0.2, 0.25) is 0 Å². The van der Waals surface area contributed by atoms with Crippen LogP contribution in [0, 0.1) is 6.92 Å². The van der Waals surface area contributed by atoms with Crippen molar-refractivity contribution in [1.82, 2.24) is 9.47 Å². The van der Waals surface area contributed by atoms with Crippen LogP contribution in [-0.4, -0.2) is 23.1 Å². The minimum Gasteiger partial charge on any atom is -0.344 e. The van der Waals surface area contributed by atoms with Gasteiger partial charge in [0.1, 0.15) is 0 Å². The van der Waals surface area contributed by atoms with Crippen LogP contribution in [0.4, 0.5) is 0 Å². The molecule has 112 valence electrons. The summed E-state index contributed by atoms with van der Waals surface area (Å²) in [5, 5.41) is 1.46. The number of benzene rings is 1. The Morgan fingerprint density at radius 2 is 2.14 bits per heavy atom. The Morgan fingerprint density at radius 3 is 2.90 bits per heavy atom. The molecule has 2 heterocycles. The molecule has 21 heavy (non-hydrogen) atoms. The van der Waals surface area contributed by atoms with Gasteiger partial charge in [-0.05, 0) is 44.5 Å². The molecule has 0 radical (unpaired) electrons. The number of aryl methyl sites for hydroxylation is 2. The minimum absolute atomic E-state index is 1.07. The number of hydrogen-bond donors (Lipinski definition) is 0. The van der Waals surface area contributed by atoms with Crippen molar-refractivity contribution in [1.29, 1.82) is 0 Å². The quantitative estimate of drug-likeness (QED) is 0.759. The van der Waals surface area contributed by atoms with Crippen LogP contribution in [0.5, 0.6) is 0 Å². The van der Waals surface area contributed by atoms with Crippen molar-refractivity contribution in [3.8, 4) is 0 Å². The van der Waals surface area contributed by atoms with E-state index in [-0.39, 0.29) is 0 Å². The second-order valence-electron chi connectivity index (χ2n) is 6.44. The summed E-state index contributed by atoms with van der Waals surface area (Å²) >= 11 is 0. The van der Waals surface area contributed by atoms with Gasteiger partial charge in [0.15, 0.2) is 0 Å². The Labute approximate surface area is 128 Å². The third-order valence-corrected chi connectivity index (χ3v) is 4.79. The van der Waals surface area contributed by atoms with Gasteiger partial charge in [0.2, 0.25) is 0 Å². The first kappa shape index (κ1) is 14.4. The fourth-order valence-electron chi connectivity index (χ4n) is 3.40. The Bertz CT molecular complexity index is 678. The van der Waals surface area contributed by atoms with Crippen molar-refractivity contribution >= 4 is 10.9 Å². The molecule has 1 aliphatic heterocycles. The Kier molecular flexibility index (Phi) is 3.90. The van der Waals surface area contributed by atoms with Crippen LogP contribution < -0.4 is 0 Å². The van der Waals surface area contributed by atoms with E-state index in [2.05, 4.69) is 55.1 Å². The first-order chi connectivity index (χ1) is 10.1. The van der Waals surface area contributed by atoms with E-state index >= 15 is 0 Å². The molecule has 2 aromatic rings. The first-order valence-corrected chi connectivity index (χ1v) is 8.06. The van der Waals surface area contributed by atoms with Crippen molar-refractivity contribution < 1.29 is 0 Å². The maximum absolute atomic E-state index is 4.17. The molecule has 0 saturated carbocycles. The summed E-state index contributed by atoms with van der Waals surface area (Å²) in [6.07, 6.45) is 3.35. The van der Waals surface area contributed by atoms with Crippen LogP contribution in [0.15, 0.2) is 30.4 Å². The Morgan fingerprint density at radius 1 is 1.33 bits per heavy atom. The molecule has 1 aromatic carbocycles. The molecular formula is C19H26N2. The molecule has 2 heteroatoms. The van der Waals surface area contributed by atoms with E-state index in [1.54, 1.807) is 11.3 Å². The molecule has 0 fully saturated rings. The van der Waals surface area contributed by atoms with Gasteiger partial charge in [0.25, 0.3) is 0 Å². The molecule has 1 aromatic heterocycles. The smallest absolute Gasteiger partial charge is 0.0486 e. The van der Waals surface area contributed by atoms with Crippen molar-refractivity contribution in [2.75, 3.05) is 13.6 Å². The van der Waals surface area contributed by atoms with E-state index in [1.807, 2.05) is 0 Å². The summed E-state index contributed by atoms with van der Waals surface area (Å²) in [6.45, 7) is 11.9. The number of rotatable bonds is 4. The summed E-state index contributed by atoms with van der Waals surface area (Å²) in [5.41, 5.74) is 7.21. The standard InChI is InChI=1S/C19H26N2/c1-5-14(2)8-11-21-18-7-6-15(3)12-16(18)17-13-20(4)10-9-19(17)21/h6-7,12H,2,5,8-11,13H2,1,3-4H3. The predicted molar refractivity (Wildman–Crippen MR) is 90.8 cm³/mol. The van der Waals surface area contributed by atoms with Crippen LogP contribution in [0.3, 0.4) is 0 Å². The minimum atomic E-state index is 1.07. The summed E-state index contributed by atoms with van der Waals surface area (Å²) in [5.74, 6) is 0. The lowest BCUT2D eigenvalue weighted by Gasteiger charge is -2.24. The van der Waals surface area contributed by atoms with E-state index in [1.165, 1.54) is 22.0 Å². The SMILES string of the molecule is C=C(CC)CCn1c2c(c3cc(C)ccc31)CN(C)CC2. The molecular weight excluding hydrogens is 256 g/mol. The molecule has 0 unspecified atom stereocenters. The Hall–Kier alpha value is -1.54. The highest BCUT2D eigenvalue weighted by Gasteiger charge is 2.22. The van der Waals surface area contributed by atoms with E-state index in [9.17, 15) is 0 Å². The fraction of sp³-hybridized carbons (Fsp3) is 0.474. The molecule has 1 aliphatic rings. The lowest BCUT2D eigenvalue weighted by atomic mass is 10.0. The van der Waals surface area contributed by atoms with Crippen LogP contribution in [0.1, 0.15) is 36.6 Å². The van der Waals surface area contributed by atoms with Gasteiger partial charge in [0.05, 0.1) is 0 Å². The largest absolute Gasteiger partial charge is 0.344 e. The number of likely N-dealkylation sites (N-methyl/N-ethyl adjacent to an activating group) is 1. The van der Waals surface area contributed by atoms with Gasteiger partial charge in [-0.15, -0.1) is 0 Å². The van der Waals surface area contributed by atoms with Crippen LogP contribution in [-0.2, 0) is 19.5 Å². The number of aromatic nitrogens is 1. The highest BCUT2D eigenvalue weighted by atomic mass is 15.1. The molecule has 0 saturated heterocycles. The van der Waals surface area contributed by atoms with Crippen molar-refractivity contribution in [3.05, 3.63) is 47.2 Å². The molecule has 2 nitrogen and oxygen atoms in total. The van der Waals surface area contributed by atoms with Gasteiger partial charge >= 0.3 is 0 Å². The van der Waals surface area contributed by atoms with Gasteiger partial charge in [-0.2, -0.15) is 0 Å². The first-order valence-electron chi connectivity index (χ1n) is 8.06. The number of allylic oxidation sites excluding steroid dienone is 1. The van der Waals surface area contributed by atoms with E-state index in [4.69, 9.17) is 0 Å². The van der Waals surface area contributed by atoms with Gasteiger partial charge in [-0.1, -0.05) is 30.7 Å². The zero-order valence-electron chi connectivity index (χ0n) is 13.6. The van der Waals surface area contributed by atoms with E-state index in [0.717, 1.165) is 38.9 Å². The maximum atomic E-state index is 4.17. The average molecular weight is 282 g/mol. The third-order valence-electron chi connectivity index (χ3n) is 4.79. The second kappa shape index (κ2) is 5.69. The molecule has 0 aliphatic carbocycles. The molecule has 0 atom stereocenters. The van der Waals surface area contributed by atoms with Crippen LogP contribution >= 0.6 is 0 Å². The molecule has 0 N–H and O–H groups in total. The summed E-state index contributed by atoms with van der Waals surface area (Å²) in [7, 11) is 2.22. The zero-order chi connectivity index (χ0) is 15.0. The second-order valence-corrected chi connectivity index (χ2v) is 6.44. The monoisotopic (exact) mass is 282 g/mol. The Balaban J connectivity index is 2.08. The lowest BCUT2D eigenvalue weighted by molar-refractivity contribution is 0.309.